The van der Waals surface area contributed by atoms with Gasteiger partial charge in [0.25, 0.3) is 11.8 Å². The smallest absolute Gasteiger partial charge is 0.265 e. The Morgan fingerprint density at radius 1 is 1.03 bits per heavy atom. The van der Waals surface area contributed by atoms with Crippen LogP contribution in [0, 0.1) is 0 Å². The number of carbonyl (C=O) groups is 3. The average molecular weight is 427 g/mol. The number of ether oxygens (including phenoxy) is 3. The summed E-state index contributed by atoms with van der Waals surface area (Å²) in [5.41, 5.74) is 6.98. The van der Waals surface area contributed by atoms with Crippen LogP contribution in [-0.4, -0.2) is 45.1 Å². The molecule has 9 heteroatoms. The van der Waals surface area contributed by atoms with Gasteiger partial charge in [-0.25, -0.2) is 10.3 Å². The molecule has 9 nitrogen and oxygen atoms in total. The zero-order chi connectivity index (χ0) is 22.5. The quantitative estimate of drug-likeness (QED) is 0.489. The summed E-state index contributed by atoms with van der Waals surface area (Å²) in [5, 5.41) is 0. The fraction of sp³-hybridized carbons (Fsp3) is 0.318. The second kappa shape index (κ2) is 9.48. The number of amides is 3. The van der Waals surface area contributed by atoms with E-state index in [0.717, 1.165) is 16.9 Å². The lowest BCUT2D eigenvalue weighted by Crippen LogP contribution is -2.48. The van der Waals surface area contributed by atoms with E-state index in [1.54, 1.807) is 12.1 Å². The van der Waals surface area contributed by atoms with Crippen LogP contribution >= 0.6 is 0 Å². The summed E-state index contributed by atoms with van der Waals surface area (Å²) in [4.78, 5) is 38.9. The highest BCUT2D eigenvalue weighted by Gasteiger charge is 2.39. The first-order chi connectivity index (χ1) is 14.9. The normalized spacial score (nSPS) is 15.7. The molecular weight excluding hydrogens is 402 g/mol. The summed E-state index contributed by atoms with van der Waals surface area (Å²) < 4.78 is 15.7. The van der Waals surface area contributed by atoms with Gasteiger partial charge in [0.05, 0.1) is 33.4 Å². The van der Waals surface area contributed by atoms with Gasteiger partial charge in [-0.2, -0.15) is 0 Å². The molecule has 0 radical (unpaired) electrons. The predicted octanol–water partition coefficient (Wildman–Crippen LogP) is 1.84. The maximum absolute atomic E-state index is 12.7. The van der Waals surface area contributed by atoms with Crippen molar-refractivity contribution in [2.75, 3.05) is 26.2 Å². The van der Waals surface area contributed by atoms with Crippen molar-refractivity contribution in [3.8, 4) is 17.2 Å². The fourth-order valence-electron chi connectivity index (χ4n) is 3.33. The van der Waals surface area contributed by atoms with Crippen molar-refractivity contribution >= 4 is 23.4 Å². The van der Waals surface area contributed by atoms with Crippen molar-refractivity contribution in [1.29, 1.82) is 0 Å². The number of carbonyl (C=O) groups excluding carboxylic acids is 3. The van der Waals surface area contributed by atoms with Crippen LogP contribution in [0.1, 0.15) is 29.3 Å². The van der Waals surface area contributed by atoms with Crippen LogP contribution in [0.5, 0.6) is 17.2 Å². The van der Waals surface area contributed by atoms with Crippen LogP contribution < -0.4 is 30.0 Å². The van der Waals surface area contributed by atoms with Crippen molar-refractivity contribution in [2.45, 2.75) is 25.8 Å². The van der Waals surface area contributed by atoms with Crippen LogP contribution in [-0.2, 0) is 16.0 Å². The SMILES string of the molecule is CCc1ccc(N2C(=O)CC(NNC(=O)c3cc(OC)c(OC)c(OC)c3)C2=O)cc1. The Bertz CT molecular complexity index is 964. The predicted molar refractivity (Wildman–Crippen MR) is 113 cm³/mol. The molecule has 31 heavy (non-hydrogen) atoms. The molecule has 1 aliphatic heterocycles. The zero-order valence-electron chi connectivity index (χ0n) is 17.9. The summed E-state index contributed by atoms with van der Waals surface area (Å²) in [7, 11) is 4.36. The number of hydrogen-bond acceptors (Lipinski definition) is 7. The van der Waals surface area contributed by atoms with Gasteiger partial charge >= 0.3 is 0 Å². The highest BCUT2D eigenvalue weighted by Crippen LogP contribution is 2.38. The van der Waals surface area contributed by atoms with Crippen LogP contribution in [0.3, 0.4) is 0 Å². The Morgan fingerprint density at radius 2 is 1.65 bits per heavy atom. The second-order valence-electron chi connectivity index (χ2n) is 6.86. The summed E-state index contributed by atoms with van der Waals surface area (Å²) in [6, 6.07) is 9.34. The van der Waals surface area contributed by atoms with Gasteiger partial charge in [-0.1, -0.05) is 19.1 Å². The van der Waals surface area contributed by atoms with E-state index in [4.69, 9.17) is 14.2 Å². The summed E-state index contributed by atoms with van der Waals surface area (Å²) in [5.74, 6) is -0.295. The van der Waals surface area contributed by atoms with E-state index < -0.39 is 17.9 Å². The van der Waals surface area contributed by atoms with Gasteiger partial charge in [0.1, 0.15) is 6.04 Å². The molecule has 0 spiro atoms. The van der Waals surface area contributed by atoms with Gasteiger partial charge in [0, 0.05) is 5.56 Å². The molecule has 164 valence electrons. The molecule has 0 aromatic heterocycles. The third-order valence-corrected chi connectivity index (χ3v) is 5.04. The van der Waals surface area contributed by atoms with Crippen LogP contribution in [0.15, 0.2) is 36.4 Å². The molecule has 1 fully saturated rings. The molecule has 1 atom stereocenters. The molecule has 1 saturated heterocycles. The highest BCUT2D eigenvalue weighted by molar-refractivity contribution is 6.22. The molecule has 1 aliphatic rings. The summed E-state index contributed by atoms with van der Waals surface area (Å²) in [6.45, 7) is 2.03. The minimum Gasteiger partial charge on any atom is -0.493 e. The van der Waals surface area contributed by atoms with Crippen molar-refractivity contribution in [3.63, 3.8) is 0 Å². The number of hydrazine groups is 1. The lowest BCUT2D eigenvalue weighted by Gasteiger charge is -2.17. The monoisotopic (exact) mass is 427 g/mol. The average Bonchev–Trinajstić information content (AvgIpc) is 3.09. The van der Waals surface area contributed by atoms with Crippen molar-refractivity contribution in [1.82, 2.24) is 10.9 Å². The molecule has 1 heterocycles. The first-order valence-corrected chi connectivity index (χ1v) is 9.75. The van der Waals surface area contributed by atoms with Crippen LogP contribution in [0.4, 0.5) is 5.69 Å². The molecule has 2 aromatic rings. The maximum atomic E-state index is 12.7. The van der Waals surface area contributed by atoms with Crippen molar-refractivity contribution in [2.24, 2.45) is 0 Å². The minimum absolute atomic E-state index is 0.0656. The number of imide groups is 1. The largest absolute Gasteiger partial charge is 0.493 e. The summed E-state index contributed by atoms with van der Waals surface area (Å²) in [6.07, 6.45) is 0.795. The number of methoxy groups -OCH3 is 3. The third-order valence-electron chi connectivity index (χ3n) is 5.04. The van der Waals surface area contributed by atoms with Gasteiger partial charge in [-0.15, -0.1) is 0 Å². The number of anilines is 1. The Labute approximate surface area is 180 Å². The van der Waals surface area contributed by atoms with Crippen LogP contribution in [0.2, 0.25) is 0 Å². The highest BCUT2D eigenvalue weighted by atomic mass is 16.5. The standard InChI is InChI=1S/C22H25N3O6/c1-5-13-6-8-15(9-7-13)25-19(26)12-16(22(25)28)23-24-21(27)14-10-17(29-2)20(31-4)18(11-14)30-3/h6-11,16,23H,5,12H2,1-4H3,(H,24,27). The van der Waals surface area contributed by atoms with E-state index in [9.17, 15) is 14.4 Å². The van der Waals surface area contributed by atoms with E-state index in [0.29, 0.717) is 22.9 Å². The Balaban J connectivity index is 1.70. The first-order valence-electron chi connectivity index (χ1n) is 9.75. The number of benzene rings is 2. The second-order valence-corrected chi connectivity index (χ2v) is 6.86. The van der Waals surface area contributed by atoms with Gasteiger partial charge in [0.2, 0.25) is 11.7 Å². The Kier molecular flexibility index (Phi) is 6.76. The number of nitrogens with zero attached hydrogens (tertiary/aromatic N) is 1. The fourth-order valence-corrected chi connectivity index (χ4v) is 3.33. The zero-order valence-corrected chi connectivity index (χ0v) is 17.9. The van der Waals surface area contributed by atoms with Gasteiger partial charge in [-0.3, -0.25) is 19.8 Å². The van der Waals surface area contributed by atoms with E-state index in [-0.39, 0.29) is 17.9 Å². The van der Waals surface area contributed by atoms with Crippen molar-refractivity contribution < 1.29 is 28.6 Å². The molecule has 1 unspecified atom stereocenters. The molecule has 0 bridgehead atoms. The van der Waals surface area contributed by atoms with E-state index in [2.05, 4.69) is 10.9 Å². The lowest BCUT2D eigenvalue weighted by molar-refractivity contribution is -0.121. The lowest BCUT2D eigenvalue weighted by atomic mass is 10.1. The molecule has 2 N–H and O–H groups in total. The molecular formula is C22H25N3O6. The molecule has 0 aliphatic carbocycles. The third kappa shape index (κ3) is 4.46. The molecule has 2 aromatic carbocycles. The number of hydrogen-bond donors (Lipinski definition) is 2. The van der Waals surface area contributed by atoms with E-state index in [1.165, 1.54) is 33.5 Å². The molecule has 3 rings (SSSR count). The number of nitrogens with one attached hydrogen (secondary N) is 2. The molecule has 0 saturated carbocycles. The molecule has 3 amide bonds. The van der Waals surface area contributed by atoms with Crippen molar-refractivity contribution in [3.05, 3.63) is 47.5 Å². The van der Waals surface area contributed by atoms with E-state index in [1.807, 2.05) is 19.1 Å². The topological polar surface area (TPSA) is 106 Å². The number of aryl methyl sites for hydroxylation is 1. The van der Waals surface area contributed by atoms with Gasteiger partial charge in [0.15, 0.2) is 11.5 Å². The first kappa shape index (κ1) is 22.1. The number of rotatable bonds is 8. The minimum atomic E-state index is -0.871. The van der Waals surface area contributed by atoms with Gasteiger partial charge in [-0.05, 0) is 36.2 Å². The van der Waals surface area contributed by atoms with Crippen LogP contribution in [0.25, 0.3) is 0 Å². The Morgan fingerprint density at radius 3 is 2.16 bits per heavy atom. The Hall–Kier alpha value is -3.59. The summed E-state index contributed by atoms with van der Waals surface area (Å²) >= 11 is 0. The van der Waals surface area contributed by atoms with Gasteiger partial charge < -0.3 is 14.2 Å². The maximum Gasteiger partial charge on any atom is 0.265 e. The van der Waals surface area contributed by atoms with E-state index >= 15 is 0 Å².